The van der Waals surface area contributed by atoms with Crippen molar-refractivity contribution >= 4 is 5.91 Å². The Labute approximate surface area is 121 Å². The molecule has 0 saturated carbocycles. The fourth-order valence-electron chi connectivity index (χ4n) is 3.22. The zero-order valence-corrected chi connectivity index (χ0v) is 12.5. The van der Waals surface area contributed by atoms with Gasteiger partial charge in [-0.15, -0.1) is 0 Å². The number of piperidine rings is 1. The first-order valence-corrected chi connectivity index (χ1v) is 7.68. The van der Waals surface area contributed by atoms with E-state index in [9.17, 15) is 4.79 Å². The molecule has 0 aliphatic carbocycles. The second kappa shape index (κ2) is 5.21. The fraction of sp³-hybridized carbons (Fsp3) is 0.588. The summed E-state index contributed by atoms with van der Waals surface area (Å²) in [6.45, 7) is 8.26. The molecule has 3 heteroatoms. The minimum absolute atomic E-state index is 0.235. The maximum atomic E-state index is 12.8. The molecule has 1 aromatic rings. The van der Waals surface area contributed by atoms with Crippen LogP contribution in [0.3, 0.4) is 0 Å². The smallest absolute Gasteiger partial charge is 0.254 e. The molecule has 2 aliphatic rings. The van der Waals surface area contributed by atoms with E-state index in [0.717, 1.165) is 51.0 Å². The minimum atomic E-state index is 0.235. The van der Waals surface area contributed by atoms with Gasteiger partial charge in [-0.2, -0.15) is 0 Å². The molecule has 0 bridgehead atoms. The number of hydrogen-bond donors (Lipinski definition) is 1. The maximum absolute atomic E-state index is 12.8. The molecule has 20 heavy (non-hydrogen) atoms. The molecule has 3 nitrogen and oxygen atoms in total. The summed E-state index contributed by atoms with van der Waals surface area (Å²) in [4.78, 5) is 14.8. The van der Waals surface area contributed by atoms with Crippen LogP contribution < -0.4 is 5.32 Å². The molecule has 2 aliphatic heterocycles. The Bertz CT molecular complexity index is 512. The average Bonchev–Trinajstić information content (AvgIpc) is 2.46. The topological polar surface area (TPSA) is 32.3 Å². The summed E-state index contributed by atoms with van der Waals surface area (Å²) in [5, 5.41) is 3.37. The second-order valence-corrected chi connectivity index (χ2v) is 6.83. The fourth-order valence-corrected chi connectivity index (χ4v) is 3.22. The minimum Gasteiger partial charge on any atom is -0.339 e. The highest BCUT2D eigenvalue weighted by molar-refractivity contribution is 5.96. The van der Waals surface area contributed by atoms with Crippen LogP contribution in [0.2, 0.25) is 0 Å². The van der Waals surface area contributed by atoms with Gasteiger partial charge in [0.25, 0.3) is 5.91 Å². The summed E-state index contributed by atoms with van der Waals surface area (Å²) < 4.78 is 0. The number of nitrogens with one attached hydrogen (secondary N) is 1. The Morgan fingerprint density at radius 3 is 2.75 bits per heavy atom. The van der Waals surface area contributed by atoms with Crippen molar-refractivity contribution in [1.29, 1.82) is 0 Å². The number of carbonyl (C=O) groups excluding carboxylic acids is 1. The van der Waals surface area contributed by atoms with E-state index in [2.05, 4.69) is 25.2 Å². The standard InChI is InChI=1S/C17H24N2O/c1-17(2)7-10-19(11-8-17)16(20)15-5-3-4-13-12-18-9-6-14(13)15/h3-5,18H,6-12H2,1-2H3. The van der Waals surface area contributed by atoms with Crippen molar-refractivity contribution in [3.05, 3.63) is 34.9 Å². The summed E-state index contributed by atoms with van der Waals surface area (Å²) in [6, 6.07) is 6.16. The first kappa shape index (κ1) is 13.6. The van der Waals surface area contributed by atoms with Crippen LogP contribution in [0.25, 0.3) is 0 Å². The van der Waals surface area contributed by atoms with Crippen LogP contribution in [0.4, 0.5) is 0 Å². The van der Waals surface area contributed by atoms with Gasteiger partial charge in [0.1, 0.15) is 0 Å². The Kier molecular flexibility index (Phi) is 3.55. The van der Waals surface area contributed by atoms with Crippen molar-refractivity contribution in [2.75, 3.05) is 19.6 Å². The van der Waals surface area contributed by atoms with Gasteiger partial charge in [0, 0.05) is 25.2 Å². The van der Waals surface area contributed by atoms with Gasteiger partial charge in [-0.1, -0.05) is 26.0 Å². The summed E-state index contributed by atoms with van der Waals surface area (Å²) in [5.74, 6) is 0.235. The van der Waals surface area contributed by atoms with Crippen LogP contribution in [0, 0.1) is 5.41 Å². The zero-order valence-electron chi connectivity index (χ0n) is 12.5. The largest absolute Gasteiger partial charge is 0.339 e. The first-order chi connectivity index (χ1) is 9.57. The van der Waals surface area contributed by atoms with Crippen molar-refractivity contribution in [2.24, 2.45) is 5.41 Å². The molecule has 1 aromatic carbocycles. The van der Waals surface area contributed by atoms with Crippen LogP contribution in [0.5, 0.6) is 0 Å². The lowest BCUT2D eigenvalue weighted by molar-refractivity contribution is 0.0629. The molecular weight excluding hydrogens is 248 g/mol. The van der Waals surface area contributed by atoms with Gasteiger partial charge in [-0.05, 0) is 48.4 Å². The first-order valence-electron chi connectivity index (χ1n) is 7.68. The zero-order chi connectivity index (χ0) is 14.2. The third-order valence-electron chi connectivity index (χ3n) is 4.77. The van der Waals surface area contributed by atoms with Crippen molar-refractivity contribution < 1.29 is 4.79 Å². The predicted molar refractivity (Wildman–Crippen MR) is 80.8 cm³/mol. The molecule has 0 aromatic heterocycles. The number of fused-ring (bicyclic) bond motifs is 1. The number of rotatable bonds is 1. The van der Waals surface area contributed by atoms with Gasteiger partial charge in [0.05, 0.1) is 0 Å². The van der Waals surface area contributed by atoms with Crippen molar-refractivity contribution in [3.8, 4) is 0 Å². The predicted octanol–water partition coefficient (Wildman–Crippen LogP) is 2.59. The van der Waals surface area contributed by atoms with Crippen LogP contribution in [-0.4, -0.2) is 30.4 Å². The third-order valence-corrected chi connectivity index (χ3v) is 4.77. The highest BCUT2D eigenvalue weighted by Gasteiger charge is 2.29. The van der Waals surface area contributed by atoms with E-state index in [1.54, 1.807) is 0 Å². The van der Waals surface area contributed by atoms with E-state index < -0.39 is 0 Å². The van der Waals surface area contributed by atoms with Crippen LogP contribution in [0.1, 0.15) is 48.2 Å². The summed E-state index contributed by atoms with van der Waals surface area (Å²) >= 11 is 0. The van der Waals surface area contributed by atoms with Gasteiger partial charge >= 0.3 is 0 Å². The Hall–Kier alpha value is -1.35. The van der Waals surface area contributed by atoms with Crippen LogP contribution in [0.15, 0.2) is 18.2 Å². The van der Waals surface area contributed by atoms with Gasteiger partial charge in [0.2, 0.25) is 0 Å². The van der Waals surface area contributed by atoms with Crippen molar-refractivity contribution in [3.63, 3.8) is 0 Å². The number of nitrogens with zero attached hydrogens (tertiary/aromatic N) is 1. The van der Waals surface area contributed by atoms with E-state index in [1.807, 2.05) is 17.0 Å². The van der Waals surface area contributed by atoms with E-state index in [1.165, 1.54) is 11.1 Å². The molecule has 2 heterocycles. The third kappa shape index (κ3) is 2.59. The van der Waals surface area contributed by atoms with Crippen LogP contribution in [-0.2, 0) is 13.0 Å². The Balaban J connectivity index is 1.81. The molecule has 1 amide bonds. The quantitative estimate of drug-likeness (QED) is 0.852. The molecule has 1 fully saturated rings. The lowest BCUT2D eigenvalue weighted by atomic mass is 9.82. The molecule has 1 saturated heterocycles. The average molecular weight is 272 g/mol. The van der Waals surface area contributed by atoms with Crippen molar-refractivity contribution in [1.82, 2.24) is 10.2 Å². The van der Waals surface area contributed by atoms with E-state index in [4.69, 9.17) is 0 Å². The summed E-state index contributed by atoms with van der Waals surface area (Å²) in [6.07, 6.45) is 3.18. The molecule has 108 valence electrons. The highest BCUT2D eigenvalue weighted by atomic mass is 16.2. The number of amides is 1. The van der Waals surface area contributed by atoms with Gasteiger partial charge in [-0.3, -0.25) is 4.79 Å². The number of hydrogen-bond acceptors (Lipinski definition) is 2. The molecule has 0 atom stereocenters. The second-order valence-electron chi connectivity index (χ2n) is 6.83. The van der Waals surface area contributed by atoms with Gasteiger partial charge in [-0.25, -0.2) is 0 Å². The molecular formula is C17H24N2O. The molecule has 3 rings (SSSR count). The lowest BCUT2D eigenvalue weighted by Gasteiger charge is -2.37. The number of benzene rings is 1. The van der Waals surface area contributed by atoms with E-state index in [-0.39, 0.29) is 5.91 Å². The molecule has 0 radical (unpaired) electrons. The van der Waals surface area contributed by atoms with Gasteiger partial charge < -0.3 is 10.2 Å². The Morgan fingerprint density at radius 1 is 1.25 bits per heavy atom. The Morgan fingerprint density at radius 2 is 2.00 bits per heavy atom. The maximum Gasteiger partial charge on any atom is 0.254 e. The van der Waals surface area contributed by atoms with Gasteiger partial charge in [0.15, 0.2) is 0 Å². The highest BCUT2D eigenvalue weighted by Crippen LogP contribution is 2.31. The normalized spacial score (nSPS) is 21.4. The van der Waals surface area contributed by atoms with E-state index in [0.29, 0.717) is 5.41 Å². The monoisotopic (exact) mass is 272 g/mol. The van der Waals surface area contributed by atoms with E-state index >= 15 is 0 Å². The number of likely N-dealkylation sites (tertiary alicyclic amines) is 1. The van der Waals surface area contributed by atoms with Crippen molar-refractivity contribution in [2.45, 2.75) is 39.7 Å². The number of carbonyl (C=O) groups is 1. The molecule has 0 unspecified atom stereocenters. The summed E-state index contributed by atoms with van der Waals surface area (Å²) in [5.41, 5.74) is 3.88. The lowest BCUT2D eigenvalue weighted by Crippen LogP contribution is -2.41. The molecule has 1 N–H and O–H groups in total. The molecule has 0 spiro atoms. The van der Waals surface area contributed by atoms with Crippen LogP contribution >= 0.6 is 0 Å². The summed E-state index contributed by atoms with van der Waals surface area (Å²) in [7, 11) is 0. The SMILES string of the molecule is CC1(C)CCN(C(=O)c2cccc3c2CCNC3)CC1.